The predicted octanol–water partition coefficient (Wildman–Crippen LogP) is 4.20. The number of aliphatic imine (C=N–C) groups is 2. The number of amides is 1. The Morgan fingerprint density at radius 1 is 1.06 bits per heavy atom. The maximum Gasteiger partial charge on any atom is 0.284 e. The minimum Gasteiger partial charge on any atom is -0.373 e. The molecule has 2 aromatic carbocycles. The van der Waals surface area contributed by atoms with Gasteiger partial charge in [-0.15, -0.1) is 0 Å². The highest BCUT2D eigenvalue weighted by molar-refractivity contribution is 6.34. The van der Waals surface area contributed by atoms with Gasteiger partial charge in [-0.3, -0.25) is 19.6 Å². The number of carbonyl (C=O) groups excluding carboxylic acids is 1. The highest BCUT2D eigenvalue weighted by atomic mass is 35.5. The number of nitrogens with zero attached hydrogens (tertiary/aromatic N) is 5. The standard InChI is InChI=1S/C26H28ClN5O/c1-2-3-11-30-12-14-31(15-13-30)18-22-26(33)32-23-10-9-20(27)16-21(23)25(28-17-24(32)29-22)19-7-5-4-6-8-19/h4-10,16,18H,2-3,11-15,17H2,1H3/b22-18-. The molecule has 0 radical (unpaired) electrons. The maximum absolute atomic E-state index is 13.5. The average molecular weight is 462 g/mol. The Hall–Kier alpha value is -2.96. The summed E-state index contributed by atoms with van der Waals surface area (Å²) in [6, 6.07) is 15.6. The molecule has 5 rings (SSSR count). The van der Waals surface area contributed by atoms with E-state index in [1.54, 1.807) is 4.90 Å². The Balaban J connectivity index is 1.43. The third-order valence-electron chi connectivity index (χ3n) is 6.35. The molecule has 0 saturated carbocycles. The summed E-state index contributed by atoms with van der Waals surface area (Å²) in [5, 5.41) is 0.612. The van der Waals surface area contributed by atoms with Crippen molar-refractivity contribution in [3.63, 3.8) is 0 Å². The second-order valence-corrected chi connectivity index (χ2v) is 9.04. The summed E-state index contributed by atoms with van der Waals surface area (Å²) >= 11 is 6.35. The zero-order valence-corrected chi connectivity index (χ0v) is 19.6. The molecule has 33 heavy (non-hydrogen) atoms. The SMILES string of the molecule is CCCCN1CCN(/C=C2\N=C3CN=C(c4ccccc4)c4cc(Cl)ccc4N3C2=O)CC1. The van der Waals surface area contributed by atoms with Crippen LogP contribution in [0.25, 0.3) is 0 Å². The fraction of sp³-hybridized carbons (Fsp3) is 0.346. The summed E-state index contributed by atoms with van der Waals surface area (Å²) in [7, 11) is 0. The van der Waals surface area contributed by atoms with Crippen LogP contribution in [0.5, 0.6) is 0 Å². The number of rotatable bonds is 5. The summed E-state index contributed by atoms with van der Waals surface area (Å²) in [5.41, 5.74) is 3.92. The van der Waals surface area contributed by atoms with Gasteiger partial charge in [0.2, 0.25) is 0 Å². The number of unbranched alkanes of at least 4 members (excludes halogenated alkanes) is 1. The molecule has 1 amide bonds. The summed E-state index contributed by atoms with van der Waals surface area (Å²) in [6.45, 7) is 7.57. The largest absolute Gasteiger partial charge is 0.373 e. The van der Waals surface area contributed by atoms with Gasteiger partial charge in [0.25, 0.3) is 5.91 Å². The van der Waals surface area contributed by atoms with Crippen LogP contribution in [0.15, 0.2) is 70.4 Å². The molecule has 7 heteroatoms. The summed E-state index contributed by atoms with van der Waals surface area (Å²) in [5.74, 6) is 0.550. The fourth-order valence-corrected chi connectivity index (χ4v) is 4.72. The van der Waals surface area contributed by atoms with Crippen molar-refractivity contribution in [3.05, 3.63) is 76.6 Å². The summed E-state index contributed by atoms with van der Waals surface area (Å²) in [4.78, 5) is 29.5. The van der Waals surface area contributed by atoms with Crippen molar-refractivity contribution in [3.8, 4) is 0 Å². The zero-order valence-electron chi connectivity index (χ0n) is 18.9. The Labute approximate surface area is 199 Å². The molecule has 3 aliphatic heterocycles. The first-order valence-corrected chi connectivity index (χ1v) is 12.0. The van der Waals surface area contributed by atoms with E-state index in [0.717, 1.165) is 55.2 Å². The fourth-order valence-electron chi connectivity index (χ4n) is 4.55. The second-order valence-electron chi connectivity index (χ2n) is 8.61. The van der Waals surface area contributed by atoms with Crippen LogP contribution in [0.1, 0.15) is 30.9 Å². The molecule has 2 aromatic rings. The van der Waals surface area contributed by atoms with Crippen LogP contribution >= 0.6 is 11.6 Å². The summed E-state index contributed by atoms with van der Waals surface area (Å²) < 4.78 is 0. The van der Waals surface area contributed by atoms with E-state index >= 15 is 0 Å². The average Bonchev–Trinajstić information content (AvgIpc) is 3.04. The molecule has 0 spiro atoms. The Morgan fingerprint density at radius 3 is 2.61 bits per heavy atom. The van der Waals surface area contributed by atoms with Gasteiger partial charge < -0.3 is 4.90 Å². The molecule has 1 saturated heterocycles. The Morgan fingerprint density at radius 2 is 1.85 bits per heavy atom. The summed E-state index contributed by atoms with van der Waals surface area (Å²) in [6.07, 6.45) is 4.38. The second kappa shape index (κ2) is 9.49. The van der Waals surface area contributed by atoms with E-state index in [9.17, 15) is 4.79 Å². The van der Waals surface area contributed by atoms with E-state index in [1.165, 1.54) is 12.8 Å². The van der Waals surface area contributed by atoms with Gasteiger partial charge in [0.1, 0.15) is 11.5 Å². The van der Waals surface area contributed by atoms with Gasteiger partial charge in [-0.1, -0.05) is 55.3 Å². The predicted molar refractivity (Wildman–Crippen MR) is 134 cm³/mol. The van der Waals surface area contributed by atoms with Crippen LogP contribution in [0.2, 0.25) is 5.02 Å². The van der Waals surface area contributed by atoms with Crippen LogP contribution in [0, 0.1) is 0 Å². The third kappa shape index (κ3) is 4.45. The molecule has 0 bridgehead atoms. The monoisotopic (exact) mass is 461 g/mol. The topological polar surface area (TPSA) is 51.5 Å². The number of carbonyl (C=O) groups is 1. The molecular weight excluding hydrogens is 434 g/mol. The van der Waals surface area contributed by atoms with Crippen LogP contribution in [-0.4, -0.2) is 66.5 Å². The Bertz CT molecular complexity index is 1130. The van der Waals surface area contributed by atoms with Gasteiger partial charge >= 0.3 is 0 Å². The van der Waals surface area contributed by atoms with Crippen molar-refractivity contribution in [1.29, 1.82) is 0 Å². The van der Waals surface area contributed by atoms with Gasteiger partial charge in [-0.25, -0.2) is 4.99 Å². The molecule has 0 aliphatic carbocycles. The lowest BCUT2D eigenvalue weighted by molar-refractivity contribution is -0.114. The number of hydrogen-bond donors (Lipinski definition) is 0. The Kier molecular flexibility index (Phi) is 6.29. The van der Waals surface area contributed by atoms with Gasteiger partial charge in [0, 0.05) is 48.5 Å². The molecule has 3 heterocycles. The first-order chi connectivity index (χ1) is 16.1. The molecule has 0 N–H and O–H groups in total. The van der Waals surface area contributed by atoms with Crippen molar-refractivity contribution >= 4 is 34.7 Å². The quantitative estimate of drug-likeness (QED) is 0.627. The van der Waals surface area contributed by atoms with Crippen LogP contribution in [-0.2, 0) is 4.79 Å². The van der Waals surface area contributed by atoms with Crippen molar-refractivity contribution in [2.24, 2.45) is 9.98 Å². The van der Waals surface area contributed by atoms with E-state index in [4.69, 9.17) is 21.6 Å². The molecule has 6 nitrogen and oxygen atoms in total. The zero-order chi connectivity index (χ0) is 22.8. The number of anilines is 1. The number of piperazine rings is 1. The minimum atomic E-state index is -0.105. The van der Waals surface area contributed by atoms with Crippen molar-refractivity contribution in [1.82, 2.24) is 9.80 Å². The maximum atomic E-state index is 13.5. The lowest BCUT2D eigenvalue weighted by Gasteiger charge is -2.34. The van der Waals surface area contributed by atoms with E-state index < -0.39 is 0 Å². The van der Waals surface area contributed by atoms with Gasteiger partial charge in [-0.2, -0.15) is 0 Å². The van der Waals surface area contributed by atoms with Gasteiger partial charge in [-0.05, 0) is 31.2 Å². The minimum absolute atomic E-state index is 0.105. The van der Waals surface area contributed by atoms with E-state index in [0.29, 0.717) is 23.1 Å². The third-order valence-corrected chi connectivity index (χ3v) is 6.59. The van der Waals surface area contributed by atoms with Gasteiger partial charge in [0.15, 0.2) is 0 Å². The number of fused-ring (bicyclic) bond motifs is 3. The molecule has 0 unspecified atom stereocenters. The van der Waals surface area contributed by atoms with Crippen LogP contribution < -0.4 is 4.90 Å². The molecule has 170 valence electrons. The number of hydrogen-bond acceptors (Lipinski definition) is 5. The molecule has 0 atom stereocenters. The van der Waals surface area contributed by atoms with E-state index in [1.807, 2.05) is 54.7 Å². The highest BCUT2D eigenvalue weighted by Crippen LogP contribution is 2.33. The first-order valence-electron chi connectivity index (χ1n) is 11.6. The molecule has 3 aliphatic rings. The first kappa shape index (κ1) is 21.9. The van der Waals surface area contributed by atoms with E-state index in [2.05, 4.69) is 16.7 Å². The number of amidine groups is 1. The number of halogens is 1. The van der Waals surface area contributed by atoms with Gasteiger partial charge in [0.05, 0.1) is 17.9 Å². The highest BCUT2D eigenvalue weighted by Gasteiger charge is 2.36. The van der Waals surface area contributed by atoms with Crippen molar-refractivity contribution in [2.45, 2.75) is 19.8 Å². The van der Waals surface area contributed by atoms with E-state index in [-0.39, 0.29) is 5.91 Å². The molecule has 0 aromatic heterocycles. The lowest BCUT2D eigenvalue weighted by Crippen LogP contribution is -2.44. The van der Waals surface area contributed by atoms with Crippen LogP contribution in [0.4, 0.5) is 5.69 Å². The number of benzene rings is 2. The molecular formula is C26H28ClN5O. The smallest absolute Gasteiger partial charge is 0.284 e. The molecule has 1 fully saturated rings. The van der Waals surface area contributed by atoms with Crippen molar-refractivity contribution in [2.75, 3.05) is 44.2 Å². The van der Waals surface area contributed by atoms with Crippen LogP contribution in [0.3, 0.4) is 0 Å². The van der Waals surface area contributed by atoms with Crippen molar-refractivity contribution < 1.29 is 4.79 Å². The normalized spacial score (nSPS) is 19.8. The lowest BCUT2D eigenvalue weighted by atomic mass is 10.00.